The molecule has 1 aromatic carbocycles. The SMILES string of the molecule is CCNC(CCCc1ccc(Cl)cc1F)C(C)C. The van der Waals surface area contributed by atoms with Crippen molar-refractivity contribution in [2.24, 2.45) is 5.92 Å². The van der Waals surface area contributed by atoms with E-state index in [2.05, 4.69) is 26.1 Å². The van der Waals surface area contributed by atoms with E-state index >= 15 is 0 Å². The van der Waals surface area contributed by atoms with Gasteiger partial charge in [0.25, 0.3) is 0 Å². The molecule has 1 atom stereocenters. The fourth-order valence-corrected chi connectivity index (χ4v) is 2.33. The number of nitrogens with one attached hydrogen (secondary N) is 1. The van der Waals surface area contributed by atoms with Gasteiger partial charge in [-0.25, -0.2) is 4.39 Å². The molecule has 0 saturated heterocycles. The Balaban J connectivity index is 2.45. The number of benzene rings is 1. The Morgan fingerprint density at radius 3 is 2.61 bits per heavy atom. The van der Waals surface area contributed by atoms with Crippen molar-refractivity contribution in [3.05, 3.63) is 34.6 Å². The minimum absolute atomic E-state index is 0.188. The van der Waals surface area contributed by atoms with Crippen molar-refractivity contribution >= 4 is 11.6 Å². The van der Waals surface area contributed by atoms with E-state index in [0.717, 1.165) is 31.4 Å². The van der Waals surface area contributed by atoms with Crippen LogP contribution in [0, 0.1) is 11.7 Å². The van der Waals surface area contributed by atoms with Crippen molar-refractivity contribution < 1.29 is 4.39 Å². The summed E-state index contributed by atoms with van der Waals surface area (Å²) in [5, 5.41) is 3.94. The summed E-state index contributed by atoms with van der Waals surface area (Å²) in [5.41, 5.74) is 0.762. The summed E-state index contributed by atoms with van der Waals surface area (Å²) in [6, 6.07) is 5.45. The summed E-state index contributed by atoms with van der Waals surface area (Å²) in [4.78, 5) is 0. The molecule has 0 spiro atoms. The van der Waals surface area contributed by atoms with Crippen LogP contribution in [0.15, 0.2) is 18.2 Å². The predicted molar refractivity (Wildman–Crippen MR) is 76.7 cm³/mol. The van der Waals surface area contributed by atoms with Crippen LogP contribution in [0.2, 0.25) is 5.02 Å². The van der Waals surface area contributed by atoms with Gasteiger partial charge in [-0.05, 0) is 49.4 Å². The van der Waals surface area contributed by atoms with E-state index in [0.29, 0.717) is 17.0 Å². The van der Waals surface area contributed by atoms with E-state index in [1.165, 1.54) is 6.07 Å². The molecule has 1 aromatic rings. The molecule has 3 heteroatoms. The second-order valence-electron chi connectivity index (χ2n) is 5.04. The molecule has 0 saturated carbocycles. The molecule has 18 heavy (non-hydrogen) atoms. The summed E-state index contributed by atoms with van der Waals surface area (Å²) in [6.45, 7) is 7.54. The van der Waals surface area contributed by atoms with Gasteiger partial charge in [-0.2, -0.15) is 0 Å². The van der Waals surface area contributed by atoms with Gasteiger partial charge in [-0.1, -0.05) is 38.4 Å². The fraction of sp³-hybridized carbons (Fsp3) is 0.600. The average molecular weight is 272 g/mol. The minimum Gasteiger partial charge on any atom is -0.314 e. The van der Waals surface area contributed by atoms with Crippen LogP contribution in [0.5, 0.6) is 0 Å². The lowest BCUT2D eigenvalue weighted by atomic mass is 9.96. The number of aryl methyl sites for hydroxylation is 1. The second kappa shape index (κ2) is 7.75. The first-order valence-corrected chi connectivity index (χ1v) is 7.09. The van der Waals surface area contributed by atoms with E-state index in [9.17, 15) is 4.39 Å². The quantitative estimate of drug-likeness (QED) is 0.773. The van der Waals surface area contributed by atoms with Gasteiger partial charge < -0.3 is 5.32 Å². The third kappa shape index (κ3) is 4.95. The number of hydrogen-bond donors (Lipinski definition) is 1. The van der Waals surface area contributed by atoms with Gasteiger partial charge in [-0.15, -0.1) is 0 Å². The van der Waals surface area contributed by atoms with E-state index in [4.69, 9.17) is 11.6 Å². The predicted octanol–water partition coefficient (Wildman–Crippen LogP) is 4.44. The molecule has 1 rings (SSSR count). The van der Waals surface area contributed by atoms with Crippen LogP contribution in [-0.2, 0) is 6.42 Å². The van der Waals surface area contributed by atoms with Crippen molar-refractivity contribution in [2.45, 2.75) is 46.1 Å². The third-order valence-corrected chi connectivity index (χ3v) is 3.48. The number of halogens is 2. The highest BCUT2D eigenvalue weighted by atomic mass is 35.5. The van der Waals surface area contributed by atoms with Crippen LogP contribution in [-0.4, -0.2) is 12.6 Å². The summed E-state index contributed by atoms with van der Waals surface area (Å²) in [6.07, 6.45) is 2.85. The molecule has 0 amide bonds. The molecule has 0 aromatic heterocycles. The number of rotatable bonds is 7. The third-order valence-electron chi connectivity index (χ3n) is 3.25. The highest BCUT2D eigenvalue weighted by molar-refractivity contribution is 6.30. The maximum Gasteiger partial charge on any atom is 0.127 e. The Morgan fingerprint density at radius 2 is 2.06 bits per heavy atom. The summed E-state index contributed by atoms with van der Waals surface area (Å²) >= 11 is 5.73. The first kappa shape index (κ1) is 15.5. The van der Waals surface area contributed by atoms with Gasteiger partial charge >= 0.3 is 0 Å². The molecule has 102 valence electrons. The molecule has 0 aliphatic heterocycles. The molecule has 1 nitrogen and oxygen atoms in total. The van der Waals surface area contributed by atoms with Crippen molar-refractivity contribution in [2.75, 3.05) is 6.54 Å². The fourth-order valence-electron chi connectivity index (χ4n) is 2.17. The zero-order chi connectivity index (χ0) is 13.5. The topological polar surface area (TPSA) is 12.0 Å². The lowest BCUT2D eigenvalue weighted by molar-refractivity contribution is 0.376. The largest absolute Gasteiger partial charge is 0.314 e. The first-order valence-electron chi connectivity index (χ1n) is 6.72. The Morgan fingerprint density at radius 1 is 1.33 bits per heavy atom. The molecule has 0 heterocycles. The van der Waals surface area contributed by atoms with E-state index in [1.54, 1.807) is 12.1 Å². The molecule has 0 aliphatic rings. The lowest BCUT2D eigenvalue weighted by Crippen LogP contribution is -2.33. The van der Waals surface area contributed by atoms with Gasteiger partial charge in [0.1, 0.15) is 5.82 Å². The highest BCUT2D eigenvalue weighted by Gasteiger charge is 2.12. The zero-order valence-corrected chi connectivity index (χ0v) is 12.2. The average Bonchev–Trinajstić information content (AvgIpc) is 2.30. The molecule has 1 unspecified atom stereocenters. The summed E-state index contributed by atoms with van der Waals surface area (Å²) < 4.78 is 13.6. The van der Waals surface area contributed by atoms with Gasteiger partial charge in [-0.3, -0.25) is 0 Å². The Kier molecular flexibility index (Phi) is 6.66. The van der Waals surface area contributed by atoms with Gasteiger partial charge in [0, 0.05) is 11.1 Å². The molecule has 0 radical (unpaired) electrons. The highest BCUT2D eigenvalue weighted by Crippen LogP contribution is 2.18. The standard InChI is InChI=1S/C15H23ClFN/c1-4-18-15(11(2)3)7-5-6-12-8-9-13(16)10-14(12)17/h8-11,15,18H,4-7H2,1-3H3. The zero-order valence-electron chi connectivity index (χ0n) is 11.5. The Hall–Kier alpha value is -0.600. The maximum absolute atomic E-state index is 13.6. The van der Waals surface area contributed by atoms with Crippen LogP contribution in [0.1, 0.15) is 39.2 Å². The van der Waals surface area contributed by atoms with Gasteiger partial charge in [0.15, 0.2) is 0 Å². The first-order chi connectivity index (χ1) is 8.54. The van der Waals surface area contributed by atoms with Gasteiger partial charge in [0.05, 0.1) is 0 Å². The Bertz CT molecular complexity index is 366. The van der Waals surface area contributed by atoms with Crippen LogP contribution >= 0.6 is 11.6 Å². The van der Waals surface area contributed by atoms with Crippen molar-refractivity contribution in [1.29, 1.82) is 0 Å². The number of hydrogen-bond acceptors (Lipinski definition) is 1. The minimum atomic E-state index is -0.188. The van der Waals surface area contributed by atoms with Gasteiger partial charge in [0.2, 0.25) is 0 Å². The van der Waals surface area contributed by atoms with Crippen LogP contribution in [0.3, 0.4) is 0 Å². The normalized spacial score (nSPS) is 13.0. The monoisotopic (exact) mass is 271 g/mol. The van der Waals surface area contributed by atoms with Crippen molar-refractivity contribution in [1.82, 2.24) is 5.32 Å². The van der Waals surface area contributed by atoms with Crippen LogP contribution < -0.4 is 5.32 Å². The smallest absolute Gasteiger partial charge is 0.127 e. The molecule has 1 N–H and O–H groups in total. The molecule has 0 fully saturated rings. The van der Waals surface area contributed by atoms with E-state index < -0.39 is 0 Å². The van der Waals surface area contributed by atoms with Crippen LogP contribution in [0.4, 0.5) is 4.39 Å². The lowest BCUT2D eigenvalue weighted by Gasteiger charge is -2.21. The Labute approximate surface area is 115 Å². The van der Waals surface area contributed by atoms with E-state index in [-0.39, 0.29) is 5.82 Å². The molecule has 0 aliphatic carbocycles. The maximum atomic E-state index is 13.6. The summed E-state index contributed by atoms with van der Waals surface area (Å²) in [5.74, 6) is 0.423. The van der Waals surface area contributed by atoms with Crippen molar-refractivity contribution in [3.8, 4) is 0 Å². The van der Waals surface area contributed by atoms with Crippen LogP contribution in [0.25, 0.3) is 0 Å². The molecule has 0 bridgehead atoms. The molecular formula is C15H23ClFN. The second-order valence-corrected chi connectivity index (χ2v) is 5.47. The van der Waals surface area contributed by atoms with E-state index in [1.807, 2.05) is 0 Å². The molecular weight excluding hydrogens is 249 g/mol. The van der Waals surface area contributed by atoms with Crippen molar-refractivity contribution in [3.63, 3.8) is 0 Å². The summed E-state index contributed by atoms with van der Waals surface area (Å²) in [7, 11) is 0.